The minimum Gasteiger partial charge on any atom is -0.772 e. The van der Waals surface area contributed by atoms with Crippen molar-refractivity contribution in [2.45, 2.75) is 30.9 Å². The third kappa shape index (κ3) is 2.62. The van der Waals surface area contributed by atoms with E-state index in [0.29, 0.717) is 18.2 Å². The molecule has 2 atom stereocenters. The van der Waals surface area contributed by atoms with Crippen LogP contribution in [0, 0.1) is 5.92 Å². The van der Waals surface area contributed by atoms with Crippen molar-refractivity contribution in [3.05, 3.63) is 12.2 Å². The van der Waals surface area contributed by atoms with Crippen LogP contribution in [-0.2, 0) is 17.5 Å². The first kappa shape index (κ1) is 9.79. The molecule has 0 spiro atoms. The monoisotopic (exact) mass is 214 g/mol. The fourth-order valence-electron chi connectivity index (χ4n) is 1.50. The zero-order chi connectivity index (χ0) is 9.97. The van der Waals surface area contributed by atoms with Gasteiger partial charge in [0.05, 0.1) is 0 Å². The standard InChI is InChI=1S/C8H13N3O2S/c12-14(13)7(3-6-1-2-6)4-8-9-5-10-11-8/h5-7H,1-4H2,(H,12,13)(H,9,10,11)/p-1. The van der Waals surface area contributed by atoms with E-state index in [9.17, 15) is 8.76 Å². The molecular formula is C8H12N3O2S-. The largest absolute Gasteiger partial charge is 0.772 e. The summed E-state index contributed by atoms with van der Waals surface area (Å²) in [7, 11) is 0. The lowest BCUT2D eigenvalue weighted by Crippen LogP contribution is -2.19. The number of rotatable bonds is 5. The molecular weight excluding hydrogens is 202 g/mol. The van der Waals surface area contributed by atoms with Gasteiger partial charge in [-0.15, -0.1) is 0 Å². The van der Waals surface area contributed by atoms with Crippen molar-refractivity contribution in [1.82, 2.24) is 15.2 Å². The molecule has 2 unspecified atom stereocenters. The average molecular weight is 214 g/mol. The second kappa shape index (κ2) is 4.18. The number of H-pyrrole nitrogens is 1. The van der Waals surface area contributed by atoms with Gasteiger partial charge in [0.25, 0.3) is 0 Å². The van der Waals surface area contributed by atoms with Gasteiger partial charge in [-0.1, -0.05) is 23.9 Å². The van der Waals surface area contributed by atoms with Crippen molar-refractivity contribution in [3.8, 4) is 0 Å². The third-order valence-electron chi connectivity index (χ3n) is 2.45. The normalized spacial score (nSPS) is 20.6. The van der Waals surface area contributed by atoms with Crippen molar-refractivity contribution in [3.63, 3.8) is 0 Å². The lowest BCUT2D eigenvalue weighted by atomic mass is 10.1. The number of hydrogen-bond donors (Lipinski definition) is 1. The highest BCUT2D eigenvalue weighted by Gasteiger charge is 2.26. The molecule has 1 aliphatic carbocycles. The van der Waals surface area contributed by atoms with Gasteiger partial charge in [0.2, 0.25) is 0 Å². The SMILES string of the molecule is O=S([O-])C(Cc1ncn[nH]1)CC1CC1. The first-order valence-corrected chi connectivity index (χ1v) is 5.82. The molecule has 1 saturated carbocycles. The number of nitrogens with zero attached hydrogens (tertiary/aromatic N) is 2. The molecule has 14 heavy (non-hydrogen) atoms. The van der Waals surface area contributed by atoms with Crippen LogP contribution in [0.25, 0.3) is 0 Å². The van der Waals surface area contributed by atoms with E-state index >= 15 is 0 Å². The number of nitrogens with one attached hydrogen (secondary N) is 1. The molecule has 0 saturated heterocycles. The highest BCUT2D eigenvalue weighted by Crippen LogP contribution is 2.34. The maximum Gasteiger partial charge on any atom is 0.137 e. The first-order chi connectivity index (χ1) is 6.75. The number of aromatic amines is 1. The minimum absolute atomic E-state index is 0.310. The molecule has 1 N–H and O–H groups in total. The smallest absolute Gasteiger partial charge is 0.137 e. The van der Waals surface area contributed by atoms with Crippen molar-refractivity contribution >= 4 is 11.1 Å². The van der Waals surface area contributed by atoms with Crippen molar-refractivity contribution in [2.75, 3.05) is 0 Å². The Balaban J connectivity index is 1.92. The molecule has 0 radical (unpaired) electrons. The molecule has 0 bridgehead atoms. The second-order valence-electron chi connectivity index (χ2n) is 3.70. The van der Waals surface area contributed by atoms with Crippen LogP contribution in [0.5, 0.6) is 0 Å². The van der Waals surface area contributed by atoms with Crippen LogP contribution < -0.4 is 0 Å². The predicted octanol–water partition coefficient (Wildman–Crippen LogP) is 0.395. The molecule has 1 fully saturated rings. The van der Waals surface area contributed by atoms with Gasteiger partial charge in [-0.05, 0) is 12.3 Å². The van der Waals surface area contributed by atoms with E-state index in [0.717, 1.165) is 6.42 Å². The van der Waals surface area contributed by atoms with E-state index in [1.54, 1.807) is 0 Å². The average Bonchev–Trinajstić information content (AvgIpc) is 2.80. The molecule has 1 heterocycles. The van der Waals surface area contributed by atoms with E-state index in [2.05, 4.69) is 15.2 Å². The summed E-state index contributed by atoms with van der Waals surface area (Å²) in [5, 5.41) is 6.06. The summed E-state index contributed by atoms with van der Waals surface area (Å²) >= 11 is -2.01. The van der Waals surface area contributed by atoms with Crippen molar-refractivity contribution in [2.24, 2.45) is 5.92 Å². The van der Waals surface area contributed by atoms with Gasteiger partial charge in [0.15, 0.2) is 0 Å². The zero-order valence-corrected chi connectivity index (χ0v) is 8.50. The Hall–Kier alpha value is -0.750. The van der Waals surface area contributed by atoms with E-state index in [-0.39, 0.29) is 5.25 Å². The summed E-state index contributed by atoms with van der Waals surface area (Å²) in [6.45, 7) is 0. The van der Waals surface area contributed by atoms with Gasteiger partial charge in [-0.25, -0.2) is 4.98 Å². The summed E-state index contributed by atoms with van der Waals surface area (Å²) in [5.74, 6) is 1.26. The van der Waals surface area contributed by atoms with Crippen LogP contribution in [0.2, 0.25) is 0 Å². The van der Waals surface area contributed by atoms with E-state index < -0.39 is 11.1 Å². The zero-order valence-electron chi connectivity index (χ0n) is 7.68. The topological polar surface area (TPSA) is 81.7 Å². The van der Waals surface area contributed by atoms with Gasteiger partial charge in [0.1, 0.15) is 12.2 Å². The highest BCUT2D eigenvalue weighted by molar-refractivity contribution is 7.79. The fourth-order valence-corrected chi connectivity index (χ4v) is 2.22. The first-order valence-electron chi connectivity index (χ1n) is 4.68. The van der Waals surface area contributed by atoms with Crippen LogP contribution in [0.4, 0.5) is 0 Å². The van der Waals surface area contributed by atoms with Gasteiger partial charge < -0.3 is 4.55 Å². The lowest BCUT2D eigenvalue weighted by Gasteiger charge is -2.17. The minimum atomic E-state index is -2.01. The molecule has 6 heteroatoms. The molecule has 0 aliphatic heterocycles. The molecule has 0 aromatic carbocycles. The second-order valence-corrected chi connectivity index (χ2v) is 4.89. The van der Waals surface area contributed by atoms with Crippen LogP contribution in [0.15, 0.2) is 6.33 Å². The van der Waals surface area contributed by atoms with Gasteiger partial charge >= 0.3 is 0 Å². The Kier molecular flexibility index (Phi) is 2.93. The van der Waals surface area contributed by atoms with Crippen LogP contribution >= 0.6 is 0 Å². The number of aromatic nitrogens is 3. The van der Waals surface area contributed by atoms with Gasteiger partial charge in [0, 0.05) is 11.7 Å². The van der Waals surface area contributed by atoms with Crippen molar-refractivity contribution < 1.29 is 8.76 Å². The van der Waals surface area contributed by atoms with Crippen molar-refractivity contribution in [1.29, 1.82) is 0 Å². The molecule has 1 aliphatic rings. The van der Waals surface area contributed by atoms with Crippen LogP contribution in [-0.4, -0.2) is 29.2 Å². The molecule has 78 valence electrons. The predicted molar refractivity (Wildman–Crippen MR) is 50.1 cm³/mol. The Morgan fingerprint density at radius 2 is 2.50 bits per heavy atom. The summed E-state index contributed by atoms with van der Waals surface area (Å²) in [4.78, 5) is 3.93. The van der Waals surface area contributed by atoms with E-state index in [1.807, 2.05) is 0 Å². The third-order valence-corrected chi connectivity index (χ3v) is 3.35. The summed E-state index contributed by atoms with van der Waals surface area (Å²) in [6, 6.07) is 0. The Morgan fingerprint density at radius 3 is 3.00 bits per heavy atom. The maximum absolute atomic E-state index is 10.9. The maximum atomic E-state index is 10.9. The van der Waals surface area contributed by atoms with Crippen LogP contribution in [0.1, 0.15) is 25.1 Å². The Bertz CT molecular complexity index is 310. The van der Waals surface area contributed by atoms with Gasteiger partial charge in [-0.3, -0.25) is 9.31 Å². The lowest BCUT2D eigenvalue weighted by molar-refractivity contribution is 0.505. The molecule has 1 aromatic rings. The Morgan fingerprint density at radius 1 is 1.71 bits per heavy atom. The molecule has 2 rings (SSSR count). The molecule has 5 nitrogen and oxygen atoms in total. The van der Waals surface area contributed by atoms with E-state index in [1.165, 1.54) is 19.2 Å². The quantitative estimate of drug-likeness (QED) is 0.719. The summed E-state index contributed by atoms with van der Waals surface area (Å²) < 4.78 is 21.9. The Labute approximate surface area is 84.6 Å². The molecule has 1 aromatic heterocycles. The summed E-state index contributed by atoms with van der Waals surface area (Å²) in [5.41, 5.74) is 0. The number of hydrogen-bond acceptors (Lipinski definition) is 4. The highest BCUT2D eigenvalue weighted by atomic mass is 32.2. The van der Waals surface area contributed by atoms with Crippen LogP contribution in [0.3, 0.4) is 0 Å². The van der Waals surface area contributed by atoms with Gasteiger partial charge in [-0.2, -0.15) is 5.10 Å². The van der Waals surface area contributed by atoms with E-state index in [4.69, 9.17) is 0 Å². The molecule has 0 amide bonds. The fraction of sp³-hybridized carbons (Fsp3) is 0.750. The summed E-state index contributed by atoms with van der Waals surface area (Å²) in [6.07, 6.45) is 4.95.